The molecule has 0 unspecified atom stereocenters. The van der Waals surface area contributed by atoms with E-state index in [1.54, 1.807) is 6.92 Å². The van der Waals surface area contributed by atoms with Crippen LogP contribution in [0.2, 0.25) is 0 Å². The maximum atomic E-state index is 12.6. The SMILES string of the molecule is CC/C=C1\Nc2ncnn2[C@@H](c2ccc([N+](=O)[O-])o2)[C@@H]1C(=O)OCC. The second-order valence-electron chi connectivity index (χ2n) is 5.33. The molecule has 0 saturated heterocycles. The largest absolute Gasteiger partial charge is 0.465 e. The molecule has 0 spiro atoms. The molecule has 0 bridgehead atoms. The number of esters is 1. The summed E-state index contributed by atoms with van der Waals surface area (Å²) in [5, 5.41) is 18.1. The fraction of sp³-hybridized carbons (Fsp3) is 0.400. The third kappa shape index (κ3) is 2.97. The molecule has 1 aliphatic rings. The Bertz CT molecular complexity index is 824. The summed E-state index contributed by atoms with van der Waals surface area (Å²) in [6.07, 6.45) is 3.87. The first-order valence-corrected chi connectivity index (χ1v) is 7.84. The molecule has 2 atom stereocenters. The Morgan fingerprint density at radius 1 is 1.52 bits per heavy atom. The van der Waals surface area contributed by atoms with Crippen LogP contribution in [0, 0.1) is 16.0 Å². The van der Waals surface area contributed by atoms with E-state index in [0.29, 0.717) is 18.1 Å². The zero-order chi connectivity index (χ0) is 18.0. The van der Waals surface area contributed by atoms with Crippen LogP contribution < -0.4 is 5.32 Å². The number of furan rings is 1. The minimum Gasteiger partial charge on any atom is -0.465 e. The summed E-state index contributed by atoms with van der Waals surface area (Å²) in [6.45, 7) is 3.86. The smallest absolute Gasteiger partial charge is 0.433 e. The van der Waals surface area contributed by atoms with Crippen molar-refractivity contribution in [1.82, 2.24) is 14.8 Å². The van der Waals surface area contributed by atoms with Crippen molar-refractivity contribution < 1.29 is 18.9 Å². The molecule has 1 aliphatic heterocycles. The summed E-state index contributed by atoms with van der Waals surface area (Å²) in [6, 6.07) is 1.98. The highest BCUT2D eigenvalue weighted by Gasteiger charge is 2.43. The summed E-state index contributed by atoms with van der Waals surface area (Å²) in [4.78, 5) is 27.0. The number of aromatic nitrogens is 3. The van der Waals surface area contributed by atoms with E-state index in [9.17, 15) is 14.9 Å². The van der Waals surface area contributed by atoms with Gasteiger partial charge in [0.25, 0.3) is 0 Å². The fourth-order valence-electron chi connectivity index (χ4n) is 2.83. The summed E-state index contributed by atoms with van der Waals surface area (Å²) in [7, 11) is 0. The molecule has 10 heteroatoms. The van der Waals surface area contributed by atoms with Crippen molar-refractivity contribution in [2.75, 3.05) is 11.9 Å². The first-order valence-electron chi connectivity index (χ1n) is 7.84. The van der Waals surface area contributed by atoms with Crippen molar-refractivity contribution in [2.24, 2.45) is 5.92 Å². The average molecular weight is 347 g/mol. The average Bonchev–Trinajstić information content (AvgIpc) is 3.23. The molecule has 132 valence electrons. The number of carbonyl (C=O) groups excluding carboxylic acids is 1. The number of rotatable bonds is 5. The minimum atomic E-state index is -0.778. The molecule has 0 aromatic carbocycles. The summed E-state index contributed by atoms with van der Waals surface area (Å²) < 4.78 is 12.0. The molecule has 1 N–H and O–H groups in total. The Morgan fingerprint density at radius 3 is 2.96 bits per heavy atom. The molecule has 2 aromatic heterocycles. The monoisotopic (exact) mass is 347 g/mol. The number of fused-ring (bicyclic) bond motifs is 1. The quantitative estimate of drug-likeness (QED) is 0.496. The number of ether oxygens (including phenoxy) is 1. The van der Waals surface area contributed by atoms with Gasteiger partial charge in [0.2, 0.25) is 5.95 Å². The maximum absolute atomic E-state index is 12.6. The molecular formula is C15H17N5O5. The Kier molecular flexibility index (Phi) is 4.50. The van der Waals surface area contributed by atoms with Crippen molar-refractivity contribution in [1.29, 1.82) is 0 Å². The molecule has 2 aromatic rings. The van der Waals surface area contributed by atoms with Gasteiger partial charge in [0, 0.05) is 5.70 Å². The van der Waals surface area contributed by atoms with Gasteiger partial charge in [-0.1, -0.05) is 13.0 Å². The zero-order valence-corrected chi connectivity index (χ0v) is 13.7. The second-order valence-corrected chi connectivity index (χ2v) is 5.33. The number of nitro groups is 1. The van der Waals surface area contributed by atoms with Crippen LogP contribution >= 0.6 is 0 Å². The van der Waals surface area contributed by atoms with E-state index in [0.717, 1.165) is 0 Å². The van der Waals surface area contributed by atoms with Crippen LogP contribution in [-0.4, -0.2) is 32.3 Å². The Balaban J connectivity index is 2.13. The van der Waals surface area contributed by atoms with E-state index in [1.165, 1.54) is 23.1 Å². The molecule has 10 nitrogen and oxygen atoms in total. The van der Waals surface area contributed by atoms with Crippen LogP contribution in [0.5, 0.6) is 0 Å². The zero-order valence-electron chi connectivity index (χ0n) is 13.7. The summed E-state index contributed by atoms with van der Waals surface area (Å²) >= 11 is 0. The van der Waals surface area contributed by atoms with Gasteiger partial charge in [-0.2, -0.15) is 10.1 Å². The lowest BCUT2D eigenvalue weighted by Gasteiger charge is -2.32. The number of nitrogens with zero attached hydrogens (tertiary/aromatic N) is 4. The van der Waals surface area contributed by atoms with E-state index in [-0.39, 0.29) is 12.4 Å². The van der Waals surface area contributed by atoms with Gasteiger partial charge in [-0.15, -0.1) is 0 Å². The lowest BCUT2D eigenvalue weighted by atomic mass is 9.91. The van der Waals surface area contributed by atoms with Crippen molar-refractivity contribution in [3.05, 3.63) is 46.1 Å². The number of hydrogen-bond acceptors (Lipinski definition) is 8. The van der Waals surface area contributed by atoms with Gasteiger partial charge in [0.1, 0.15) is 29.0 Å². The predicted molar refractivity (Wildman–Crippen MR) is 85.6 cm³/mol. The van der Waals surface area contributed by atoms with Gasteiger partial charge in [-0.25, -0.2) is 4.68 Å². The minimum absolute atomic E-state index is 0.212. The Hall–Kier alpha value is -3.17. The molecule has 3 rings (SSSR count). The van der Waals surface area contributed by atoms with Crippen molar-refractivity contribution in [3.8, 4) is 0 Å². The number of allylic oxidation sites excluding steroid dienone is 1. The van der Waals surface area contributed by atoms with Crippen LogP contribution in [0.15, 0.2) is 34.7 Å². The molecule has 0 saturated carbocycles. The molecule has 0 aliphatic carbocycles. The highest BCUT2D eigenvalue weighted by atomic mass is 16.6. The van der Waals surface area contributed by atoms with E-state index < -0.39 is 28.7 Å². The third-order valence-electron chi connectivity index (χ3n) is 3.79. The first-order chi connectivity index (χ1) is 12.1. The number of anilines is 1. The Morgan fingerprint density at radius 2 is 2.32 bits per heavy atom. The lowest BCUT2D eigenvalue weighted by Crippen LogP contribution is -2.38. The molecular weight excluding hydrogens is 330 g/mol. The Labute approximate surface area is 142 Å². The van der Waals surface area contributed by atoms with E-state index in [4.69, 9.17) is 9.15 Å². The third-order valence-corrected chi connectivity index (χ3v) is 3.79. The van der Waals surface area contributed by atoms with Crippen LogP contribution in [0.25, 0.3) is 0 Å². The molecule has 0 fully saturated rings. The van der Waals surface area contributed by atoms with E-state index in [2.05, 4.69) is 15.4 Å². The van der Waals surface area contributed by atoms with Crippen molar-refractivity contribution >= 4 is 17.8 Å². The normalized spacial score (nSPS) is 20.8. The molecule has 3 heterocycles. The summed E-state index contributed by atoms with van der Waals surface area (Å²) in [5.41, 5.74) is 0.602. The predicted octanol–water partition coefficient (Wildman–Crippen LogP) is 2.27. The van der Waals surface area contributed by atoms with Gasteiger partial charge in [0.05, 0.1) is 12.7 Å². The summed E-state index contributed by atoms with van der Waals surface area (Å²) in [5.74, 6) is -0.997. The standard InChI is InChI=1S/C15H17N5O5/c1-3-5-9-12(14(21)24-4-2)13(19-15(18-9)16-8-17-19)10-6-7-11(25-10)20(22)23/h5-8,12-13H,3-4H2,1-2H3,(H,16,17,18)/b9-5-/t12-,13+/m1/s1. The van der Waals surface area contributed by atoms with Gasteiger partial charge in [-0.05, 0) is 19.4 Å². The van der Waals surface area contributed by atoms with Crippen LogP contribution in [0.1, 0.15) is 32.1 Å². The number of nitrogens with one attached hydrogen (secondary N) is 1. The van der Waals surface area contributed by atoms with Crippen LogP contribution in [0.3, 0.4) is 0 Å². The first kappa shape index (κ1) is 16.7. The van der Waals surface area contributed by atoms with Crippen molar-refractivity contribution in [3.63, 3.8) is 0 Å². The second kappa shape index (κ2) is 6.75. The maximum Gasteiger partial charge on any atom is 0.433 e. The van der Waals surface area contributed by atoms with Gasteiger partial charge < -0.3 is 14.5 Å². The highest BCUT2D eigenvalue weighted by Crippen LogP contribution is 2.40. The van der Waals surface area contributed by atoms with E-state index >= 15 is 0 Å². The number of carbonyl (C=O) groups is 1. The molecule has 0 radical (unpaired) electrons. The fourth-order valence-corrected chi connectivity index (χ4v) is 2.83. The molecule has 25 heavy (non-hydrogen) atoms. The highest BCUT2D eigenvalue weighted by molar-refractivity contribution is 5.79. The topological polar surface area (TPSA) is 125 Å². The van der Waals surface area contributed by atoms with Crippen LogP contribution in [0.4, 0.5) is 11.8 Å². The number of hydrogen-bond donors (Lipinski definition) is 1. The molecule has 0 amide bonds. The van der Waals surface area contributed by atoms with Gasteiger partial charge >= 0.3 is 11.9 Å². The van der Waals surface area contributed by atoms with E-state index in [1.807, 2.05) is 13.0 Å². The van der Waals surface area contributed by atoms with Gasteiger partial charge in [-0.3, -0.25) is 14.9 Å². The van der Waals surface area contributed by atoms with Crippen LogP contribution in [-0.2, 0) is 9.53 Å². The van der Waals surface area contributed by atoms with Gasteiger partial charge in [0.15, 0.2) is 0 Å². The van der Waals surface area contributed by atoms with Crippen molar-refractivity contribution in [2.45, 2.75) is 26.3 Å². The lowest BCUT2D eigenvalue weighted by molar-refractivity contribution is -0.402.